The third-order valence-corrected chi connectivity index (χ3v) is 1.64. The van der Waals surface area contributed by atoms with Gasteiger partial charge in [-0.1, -0.05) is 0 Å². The van der Waals surface area contributed by atoms with E-state index in [1.807, 2.05) is 0 Å². The lowest BCUT2D eigenvalue weighted by Crippen LogP contribution is -2.31. The fraction of sp³-hybridized carbons (Fsp3) is 0.556. The van der Waals surface area contributed by atoms with Gasteiger partial charge in [0.25, 0.3) is 0 Å². The van der Waals surface area contributed by atoms with Gasteiger partial charge in [-0.25, -0.2) is 0 Å². The predicted molar refractivity (Wildman–Crippen MR) is 46.2 cm³/mol. The van der Waals surface area contributed by atoms with E-state index in [1.165, 1.54) is 20.1 Å². The van der Waals surface area contributed by atoms with Gasteiger partial charge in [-0.3, -0.25) is 9.59 Å². The van der Waals surface area contributed by atoms with Crippen LogP contribution < -0.4 is 0 Å². The van der Waals surface area contributed by atoms with Crippen molar-refractivity contribution in [2.45, 2.75) is 26.1 Å². The average Bonchev–Trinajstić information content (AvgIpc) is 2.47. The summed E-state index contributed by atoms with van der Waals surface area (Å²) in [4.78, 5) is 21.2. The molecule has 5 nitrogen and oxygen atoms in total. The van der Waals surface area contributed by atoms with Gasteiger partial charge in [-0.15, -0.1) is 0 Å². The van der Waals surface area contributed by atoms with Gasteiger partial charge in [0.05, 0.1) is 6.26 Å². The van der Waals surface area contributed by atoms with E-state index in [0.29, 0.717) is 0 Å². The van der Waals surface area contributed by atoms with Crippen LogP contribution in [0.1, 0.15) is 13.8 Å². The molecule has 0 radical (unpaired) electrons. The fourth-order valence-corrected chi connectivity index (χ4v) is 1.07. The quantitative estimate of drug-likeness (QED) is 0.617. The van der Waals surface area contributed by atoms with Gasteiger partial charge >= 0.3 is 11.9 Å². The molecule has 78 valence electrons. The van der Waals surface area contributed by atoms with E-state index < -0.39 is 18.2 Å². The van der Waals surface area contributed by atoms with Crippen LogP contribution in [0.3, 0.4) is 0 Å². The van der Waals surface area contributed by atoms with Crippen molar-refractivity contribution in [2.24, 2.45) is 0 Å². The molecule has 1 rings (SSSR count). The maximum atomic E-state index is 10.7. The van der Waals surface area contributed by atoms with Crippen molar-refractivity contribution in [2.75, 3.05) is 6.61 Å². The summed E-state index contributed by atoms with van der Waals surface area (Å²) in [5, 5.41) is 0. The Bertz CT molecular complexity index is 258. The molecular weight excluding hydrogens is 188 g/mol. The SMILES string of the molecule is CC(=O)OC[C@H]1OC=C[C@H]1OC(C)=O. The summed E-state index contributed by atoms with van der Waals surface area (Å²) in [6, 6.07) is 0. The van der Waals surface area contributed by atoms with Crippen LogP contribution in [-0.2, 0) is 23.8 Å². The Balaban J connectivity index is 2.37. The van der Waals surface area contributed by atoms with Crippen LogP contribution in [0.15, 0.2) is 12.3 Å². The number of ether oxygens (including phenoxy) is 3. The highest BCUT2D eigenvalue weighted by Gasteiger charge is 2.28. The van der Waals surface area contributed by atoms with Crippen molar-refractivity contribution in [3.05, 3.63) is 12.3 Å². The summed E-state index contributed by atoms with van der Waals surface area (Å²) in [5.41, 5.74) is 0. The lowest BCUT2D eigenvalue weighted by molar-refractivity contribution is -0.152. The Labute approximate surface area is 81.6 Å². The molecule has 14 heavy (non-hydrogen) atoms. The number of rotatable bonds is 3. The molecule has 0 aromatic carbocycles. The first kappa shape index (κ1) is 10.6. The van der Waals surface area contributed by atoms with Gasteiger partial charge < -0.3 is 14.2 Å². The highest BCUT2D eigenvalue weighted by atomic mass is 16.6. The lowest BCUT2D eigenvalue weighted by atomic mass is 10.2. The Hall–Kier alpha value is -1.52. The molecule has 1 heterocycles. The zero-order valence-corrected chi connectivity index (χ0v) is 8.06. The first-order valence-corrected chi connectivity index (χ1v) is 4.22. The summed E-state index contributed by atoms with van der Waals surface area (Å²) in [6.45, 7) is 2.71. The summed E-state index contributed by atoms with van der Waals surface area (Å²) in [7, 11) is 0. The zero-order chi connectivity index (χ0) is 10.6. The van der Waals surface area contributed by atoms with E-state index in [-0.39, 0.29) is 12.6 Å². The Morgan fingerprint density at radius 3 is 2.64 bits per heavy atom. The van der Waals surface area contributed by atoms with Crippen LogP contribution in [0.25, 0.3) is 0 Å². The summed E-state index contributed by atoms with van der Waals surface area (Å²) < 4.78 is 14.7. The molecule has 0 bridgehead atoms. The third kappa shape index (κ3) is 3.08. The largest absolute Gasteiger partial charge is 0.490 e. The monoisotopic (exact) mass is 200 g/mol. The molecule has 0 amide bonds. The normalized spacial score (nSPS) is 24.1. The number of carbonyl (C=O) groups is 2. The van der Waals surface area contributed by atoms with Crippen molar-refractivity contribution >= 4 is 11.9 Å². The predicted octanol–water partition coefficient (Wildman–Crippen LogP) is 0.394. The maximum absolute atomic E-state index is 10.7. The molecule has 1 aliphatic rings. The van der Waals surface area contributed by atoms with Crippen LogP contribution in [-0.4, -0.2) is 30.8 Å². The fourth-order valence-electron chi connectivity index (χ4n) is 1.07. The van der Waals surface area contributed by atoms with E-state index in [2.05, 4.69) is 0 Å². The molecule has 0 fully saturated rings. The van der Waals surface area contributed by atoms with Gasteiger partial charge in [0.2, 0.25) is 0 Å². The minimum absolute atomic E-state index is 0.0836. The lowest BCUT2D eigenvalue weighted by Gasteiger charge is -2.17. The molecule has 0 aromatic heterocycles. The summed E-state index contributed by atoms with van der Waals surface area (Å²) in [6.07, 6.45) is 2.15. The van der Waals surface area contributed by atoms with Crippen molar-refractivity contribution in [1.29, 1.82) is 0 Å². The molecule has 5 heteroatoms. The third-order valence-electron chi connectivity index (χ3n) is 1.64. The van der Waals surface area contributed by atoms with Crippen LogP contribution >= 0.6 is 0 Å². The standard InChI is InChI=1S/C9H12O5/c1-6(10)13-5-9-8(3-4-12-9)14-7(2)11/h3-4,8-9H,5H2,1-2H3/t8-,9-/m1/s1. The molecule has 0 saturated carbocycles. The molecule has 2 atom stereocenters. The second kappa shape index (κ2) is 4.64. The number of esters is 2. The Kier molecular flexibility index (Phi) is 3.50. The van der Waals surface area contributed by atoms with E-state index >= 15 is 0 Å². The topological polar surface area (TPSA) is 61.8 Å². The van der Waals surface area contributed by atoms with E-state index in [9.17, 15) is 9.59 Å². The second-order valence-corrected chi connectivity index (χ2v) is 2.88. The molecule has 0 aromatic rings. The Morgan fingerprint density at radius 2 is 2.07 bits per heavy atom. The number of hydrogen-bond donors (Lipinski definition) is 0. The zero-order valence-electron chi connectivity index (χ0n) is 8.06. The molecule has 0 aliphatic carbocycles. The minimum atomic E-state index is -0.466. The van der Waals surface area contributed by atoms with E-state index in [1.54, 1.807) is 6.08 Å². The average molecular weight is 200 g/mol. The van der Waals surface area contributed by atoms with Crippen molar-refractivity contribution in [3.63, 3.8) is 0 Å². The van der Waals surface area contributed by atoms with Gasteiger partial charge in [-0.05, 0) is 6.08 Å². The molecule has 0 unspecified atom stereocenters. The molecule has 0 spiro atoms. The van der Waals surface area contributed by atoms with Gasteiger partial charge in [-0.2, -0.15) is 0 Å². The van der Waals surface area contributed by atoms with Gasteiger partial charge in [0, 0.05) is 13.8 Å². The smallest absolute Gasteiger partial charge is 0.303 e. The number of carbonyl (C=O) groups excluding carboxylic acids is 2. The highest BCUT2D eigenvalue weighted by molar-refractivity contribution is 5.66. The first-order valence-electron chi connectivity index (χ1n) is 4.22. The van der Waals surface area contributed by atoms with Crippen LogP contribution in [0.5, 0.6) is 0 Å². The molecule has 0 saturated heterocycles. The van der Waals surface area contributed by atoms with Crippen LogP contribution in [0, 0.1) is 0 Å². The van der Waals surface area contributed by atoms with Crippen LogP contribution in [0.4, 0.5) is 0 Å². The van der Waals surface area contributed by atoms with Crippen molar-refractivity contribution in [3.8, 4) is 0 Å². The maximum Gasteiger partial charge on any atom is 0.303 e. The number of hydrogen-bond acceptors (Lipinski definition) is 5. The molecule has 1 aliphatic heterocycles. The second-order valence-electron chi connectivity index (χ2n) is 2.88. The van der Waals surface area contributed by atoms with E-state index in [0.717, 1.165) is 0 Å². The van der Waals surface area contributed by atoms with Crippen molar-refractivity contribution < 1.29 is 23.8 Å². The first-order chi connectivity index (χ1) is 6.59. The Morgan fingerprint density at radius 1 is 1.36 bits per heavy atom. The molecule has 0 N–H and O–H groups in total. The summed E-state index contributed by atoms with van der Waals surface area (Å²) in [5.74, 6) is -0.778. The molecular formula is C9H12O5. The highest BCUT2D eigenvalue weighted by Crippen LogP contribution is 2.14. The summed E-state index contributed by atoms with van der Waals surface area (Å²) >= 11 is 0. The van der Waals surface area contributed by atoms with Crippen LogP contribution in [0.2, 0.25) is 0 Å². The minimum Gasteiger partial charge on any atom is -0.490 e. The van der Waals surface area contributed by atoms with E-state index in [4.69, 9.17) is 14.2 Å². The van der Waals surface area contributed by atoms with Gasteiger partial charge in [0.1, 0.15) is 6.61 Å². The van der Waals surface area contributed by atoms with Gasteiger partial charge in [0.15, 0.2) is 12.2 Å². The van der Waals surface area contributed by atoms with Crippen molar-refractivity contribution in [1.82, 2.24) is 0 Å².